The molecule has 1 fully saturated rings. The van der Waals surface area contributed by atoms with Gasteiger partial charge in [0.2, 0.25) is 0 Å². The van der Waals surface area contributed by atoms with E-state index in [4.69, 9.17) is 4.74 Å². The van der Waals surface area contributed by atoms with Crippen LogP contribution in [0.15, 0.2) is 12.4 Å². The fourth-order valence-corrected chi connectivity index (χ4v) is 3.07. The Morgan fingerprint density at radius 2 is 1.78 bits per heavy atom. The lowest BCUT2D eigenvalue weighted by molar-refractivity contribution is 0.0295. The van der Waals surface area contributed by atoms with Gasteiger partial charge in [0.15, 0.2) is 0 Å². The quantitative estimate of drug-likeness (QED) is 0.789. The zero-order valence-electron chi connectivity index (χ0n) is 11.9. The summed E-state index contributed by atoms with van der Waals surface area (Å²) in [6, 6.07) is 0. The third kappa shape index (κ3) is 3.32. The van der Waals surface area contributed by atoms with E-state index in [-0.39, 0.29) is 6.10 Å². The van der Waals surface area contributed by atoms with Gasteiger partial charge in [-0.3, -0.25) is 4.98 Å². The highest BCUT2D eigenvalue weighted by molar-refractivity contribution is 5.31. The van der Waals surface area contributed by atoms with Crippen LogP contribution in [0.4, 0.5) is 0 Å². The van der Waals surface area contributed by atoms with E-state index < -0.39 is 0 Å². The molecule has 2 nitrogen and oxygen atoms in total. The van der Waals surface area contributed by atoms with Crippen molar-refractivity contribution in [1.82, 2.24) is 4.98 Å². The number of rotatable bonds is 4. The predicted molar refractivity (Wildman–Crippen MR) is 74.7 cm³/mol. The first-order valence-corrected chi connectivity index (χ1v) is 7.21. The van der Waals surface area contributed by atoms with Gasteiger partial charge in [-0.2, -0.15) is 0 Å². The maximum absolute atomic E-state index is 6.10. The Kier molecular flexibility index (Phi) is 4.76. The molecule has 2 heteroatoms. The van der Waals surface area contributed by atoms with Gasteiger partial charge in [-0.15, -0.1) is 0 Å². The van der Waals surface area contributed by atoms with E-state index in [0.29, 0.717) is 0 Å². The van der Waals surface area contributed by atoms with Crippen molar-refractivity contribution in [2.45, 2.75) is 59.0 Å². The molecule has 1 aromatic rings. The molecule has 1 aromatic heterocycles. The molecule has 0 aliphatic heterocycles. The van der Waals surface area contributed by atoms with E-state index in [1.54, 1.807) is 0 Å². The number of ether oxygens (including phenoxy) is 1. The van der Waals surface area contributed by atoms with E-state index in [9.17, 15) is 0 Å². The molecular weight excluding hydrogens is 222 g/mol. The molecular formula is C16H25NO. The lowest BCUT2D eigenvalue weighted by Crippen LogP contribution is -2.15. The van der Waals surface area contributed by atoms with Crippen LogP contribution in [-0.4, -0.2) is 11.6 Å². The van der Waals surface area contributed by atoms with Crippen LogP contribution in [0.25, 0.3) is 0 Å². The van der Waals surface area contributed by atoms with Crippen LogP contribution in [0.2, 0.25) is 0 Å². The average molecular weight is 247 g/mol. The fourth-order valence-electron chi connectivity index (χ4n) is 3.07. The molecule has 0 aromatic carbocycles. The van der Waals surface area contributed by atoms with E-state index in [1.165, 1.54) is 48.8 Å². The van der Waals surface area contributed by atoms with Crippen LogP contribution in [0.1, 0.15) is 61.8 Å². The fraction of sp³-hybridized carbons (Fsp3) is 0.688. The highest BCUT2D eigenvalue weighted by atomic mass is 16.5. The number of aromatic nitrogens is 1. The van der Waals surface area contributed by atoms with Crippen LogP contribution in [0, 0.1) is 19.8 Å². The zero-order valence-corrected chi connectivity index (χ0v) is 11.9. The smallest absolute Gasteiger partial charge is 0.0803 e. The van der Waals surface area contributed by atoms with Crippen LogP contribution >= 0.6 is 0 Å². The first-order chi connectivity index (χ1) is 8.68. The van der Waals surface area contributed by atoms with Crippen LogP contribution in [0.5, 0.6) is 0 Å². The largest absolute Gasteiger partial charge is 0.374 e. The van der Waals surface area contributed by atoms with Crippen molar-refractivity contribution in [3.63, 3.8) is 0 Å². The summed E-state index contributed by atoms with van der Waals surface area (Å²) in [5.74, 6) is 0.781. The van der Waals surface area contributed by atoms with Gasteiger partial charge in [0.05, 0.1) is 12.7 Å². The Morgan fingerprint density at radius 3 is 2.39 bits per heavy atom. The van der Waals surface area contributed by atoms with Crippen LogP contribution < -0.4 is 0 Å². The first kappa shape index (κ1) is 13.5. The molecule has 0 spiro atoms. The molecule has 1 saturated carbocycles. The van der Waals surface area contributed by atoms with Gasteiger partial charge in [-0.05, 0) is 56.2 Å². The molecule has 100 valence electrons. The summed E-state index contributed by atoms with van der Waals surface area (Å²) >= 11 is 0. The normalized spacial score (nSPS) is 18.8. The summed E-state index contributed by atoms with van der Waals surface area (Å²) in [6.45, 7) is 7.33. The lowest BCUT2D eigenvalue weighted by Gasteiger charge is -2.24. The summed E-state index contributed by atoms with van der Waals surface area (Å²) < 4.78 is 6.10. The minimum absolute atomic E-state index is 0.190. The molecule has 1 unspecified atom stereocenters. The minimum atomic E-state index is 0.190. The monoisotopic (exact) mass is 247 g/mol. The van der Waals surface area contributed by atoms with Crippen molar-refractivity contribution >= 4 is 0 Å². The van der Waals surface area contributed by atoms with Crippen molar-refractivity contribution in [3.05, 3.63) is 29.1 Å². The van der Waals surface area contributed by atoms with Crippen molar-refractivity contribution in [3.8, 4) is 0 Å². The summed E-state index contributed by atoms with van der Waals surface area (Å²) in [4.78, 5) is 4.22. The number of hydrogen-bond acceptors (Lipinski definition) is 2. The molecule has 0 N–H and O–H groups in total. The average Bonchev–Trinajstić information content (AvgIpc) is 2.37. The summed E-state index contributed by atoms with van der Waals surface area (Å²) in [6.07, 6.45) is 10.9. The highest BCUT2D eigenvalue weighted by Crippen LogP contribution is 2.28. The number of nitrogens with zero attached hydrogens (tertiary/aromatic N) is 1. The Labute approximate surface area is 111 Å². The van der Waals surface area contributed by atoms with Gasteiger partial charge in [0.25, 0.3) is 0 Å². The Morgan fingerprint density at radius 1 is 1.17 bits per heavy atom. The molecule has 18 heavy (non-hydrogen) atoms. The second kappa shape index (κ2) is 6.33. The number of pyridine rings is 1. The Hall–Kier alpha value is -0.890. The van der Waals surface area contributed by atoms with Gasteiger partial charge in [-0.1, -0.05) is 19.3 Å². The molecule has 1 atom stereocenters. The minimum Gasteiger partial charge on any atom is -0.374 e. The van der Waals surface area contributed by atoms with E-state index >= 15 is 0 Å². The Balaban J connectivity index is 1.92. The van der Waals surface area contributed by atoms with Gasteiger partial charge in [0, 0.05) is 12.4 Å². The first-order valence-electron chi connectivity index (χ1n) is 7.21. The number of aryl methyl sites for hydroxylation is 2. The molecule has 2 rings (SSSR count). The van der Waals surface area contributed by atoms with Gasteiger partial charge < -0.3 is 4.74 Å². The summed E-state index contributed by atoms with van der Waals surface area (Å²) in [7, 11) is 0. The molecule has 0 radical (unpaired) electrons. The lowest BCUT2D eigenvalue weighted by atomic mass is 9.90. The standard InChI is InChI=1S/C16H25NO/c1-12-9-17-10-13(2)16(12)14(3)18-11-15-7-5-4-6-8-15/h9-10,14-15H,4-8,11H2,1-3H3. The van der Waals surface area contributed by atoms with Crippen molar-refractivity contribution in [1.29, 1.82) is 0 Å². The predicted octanol–water partition coefficient (Wildman–Crippen LogP) is 4.36. The van der Waals surface area contributed by atoms with Gasteiger partial charge in [-0.25, -0.2) is 0 Å². The van der Waals surface area contributed by atoms with Crippen molar-refractivity contribution in [2.75, 3.05) is 6.61 Å². The molecule has 1 aliphatic rings. The Bertz CT molecular complexity index is 362. The maximum atomic E-state index is 6.10. The maximum Gasteiger partial charge on any atom is 0.0803 e. The SMILES string of the molecule is Cc1cncc(C)c1C(C)OCC1CCCCC1. The third-order valence-electron chi connectivity index (χ3n) is 4.10. The highest BCUT2D eigenvalue weighted by Gasteiger charge is 2.17. The third-order valence-corrected chi connectivity index (χ3v) is 4.10. The topological polar surface area (TPSA) is 22.1 Å². The zero-order chi connectivity index (χ0) is 13.0. The van der Waals surface area contributed by atoms with Crippen molar-refractivity contribution in [2.24, 2.45) is 5.92 Å². The second-order valence-corrected chi connectivity index (χ2v) is 5.67. The molecule has 0 amide bonds. The van der Waals surface area contributed by atoms with Gasteiger partial charge in [0.1, 0.15) is 0 Å². The van der Waals surface area contributed by atoms with E-state index in [0.717, 1.165) is 12.5 Å². The molecule has 1 aliphatic carbocycles. The number of hydrogen-bond donors (Lipinski definition) is 0. The van der Waals surface area contributed by atoms with Gasteiger partial charge >= 0.3 is 0 Å². The van der Waals surface area contributed by atoms with Crippen LogP contribution in [0.3, 0.4) is 0 Å². The molecule has 0 saturated heterocycles. The van der Waals surface area contributed by atoms with E-state index in [1.807, 2.05) is 12.4 Å². The second-order valence-electron chi connectivity index (χ2n) is 5.67. The van der Waals surface area contributed by atoms with Crippen molar-refractivity contribution < 1.29 is 4.74 Å². The molecule has 1 heterocycles. The van der Waals surface area contributed by atoms with Crippen LogP contribution in [-0.2, 0) is 4.74 Å². The molecule has 0 bridgehead atoms. The summed E-state index contributed by atoms with van der Waals surface area (Å²) in [5.41, 5.74) is 3.80. The van der Waals surface area contributed by atoms with E-state index in [2.05, 4.69) is 25.8 Å². The summed E-state index contributed by atoms with van der Waals surface area (Å²) in [5, 5.41) is 0.